The number of amides is 2. The SMILES string of the molecule is CC(C)=CCC[C@]1(C)Oc2c(O)cccc2[C@@H]2O[C@H](CCN3C(=O)c4ccccc4C3=O)CC[C@@H]21. The highest BCUT2D eigenvalue weighted by Crippen LogP contribution is 2.54. The smallest absolute Gasteiger partial charge is 0.261 e. The number of ether oxygens (including phenoxy) is 2. The number of aromatic hydroxyl groups is 1. The third-order valence-electron chi connectivity index (χ3n) is 7.70. The van der Waals surface area contributed by atoms with Gasteiger partial charge in [0.2, 0.25) is 0 Å². The summed E-state index contributed by atoms with van der Waals surface area (Å²) in [6.45, 7) is 6.64. The maximum Gasteiger partial charge on any atom is 0.261 e. The van der Waals surface area contributed by atoms with Crippen LogP contribution in [0.4, 0.5) is 0 Å². The van der Waals surface area contributed by atoms with Crippen molar-refractivity contribution in [3.05, 3.63) is 70.8 Å². The Morgan fingerprint density at radius 3 is 2.49 bits per heavy atom. The van der Waals surface area contributed by atoms with E-state index in [2.05, 4.69) is 26.8 Å². The van der Waals surface area contributed by atoms with E-state index in [0.717, 1.165) is 31.2 Å². The summed E-state index contributed by atoms with van der Waals surface area (Å²) in [5, 5.41) is 10.6. The molecule has 3 aliphatic rings. The Hall–Kier alpha value is -3.12. The lowest BCUT2D eigenvalue weighted by Crippen LogP contribution is -2.50. The molecule has 1 saturated heterocycles. The quantitative estimate of drug-likeness (QED) is 0.421. The van der Waals surface area contributed by atoms with Crippen LogP contribution in [-0.2, 0) is 4.74 Å². The largest absolute Gasteiger partial charge is 0.504 e. The Bertz CT molecular complexity index is 1150. The third kappa shape index (κ3) is 4.25. The van der Waals surface area contributed by atoms with Gasteiger partial charge in [0.1, 0.15) is 5.60 Å². The topological polar surface area (TPSA) is 76.1 Å². The first-order chi connectivity index (χ1) is 16.8. The van der Waals surface area contributed by atoms with E-state index in [1.807, 2.05) is 12.1 Å². The summed E-state index contributed by atoms with van der Waals surface area (Å²) in [6, 6.07) is 12.4. The normalized spacial score (nSPS) is 27.1. The van der Waals surface area contributed by atoms with Gasteiger partial charge < -0.3 is 14.6 Å². The Labute approximate surface area is 206 Å². The molecule has 0 radical (unpaired) electrons. The molecule has 0 bridgehead atoms. The minimum atomic E-state index is -0.462. The molecule has 1 N–H and O–H groups in total. The fourth-order valence-corrected chi connectivity index (χ4v) is 5.80. The molecule has 4 atom stereocenters. The number of imide groups is 1. The number of benzene rings is 2. The Kier molecular flexibility index (Phi) is 6.18. The molecule has 2 amide bonds. The summed E-state index contributed by atoms with van der Waals surface area (Å²) in [4.78, 5) is 26.9. The zero-order chi connectivity index (χ0) is 24.7. The second-order valence-corrected chi connectivity index (χ2v) is 10.4. The van der Waals surface area contributed by atoms with Crippen molar-refractivity contribution in [3.63, 3.8) is 0 Å². The molecule has 0 aliphatic carbocycles. The van der Waals surface area contributed by atoms with Crippen molar-refractivity contribution in [2.75, 3.05) is 6.54 Å². The molecule has 0 spiro atoms. The minimum absolute atomic E-state index is 0.0871. The van der Waals surface area contributed by atoms with Gasteiger partial charge in [-0.1, -0.05) is 35.9 Å². The molecule has 0 aromatic heterocycles. The standard InChI is InChI=1S/C29H33NO5/c1-18(2)8-7-16-29(3)23-14-13-19(34-25(23)22-11-6-12-24(31)26(22)35-29)15-17-30-27(32)20-9-4-5-10-21(20)28(30)33/h4-6,8-12,19,23,25,31H,7,13-17H2,1-3H3/t19-,23-,25-,29-/m0/s1. The highest BCUT2D eigenvalue weighted by atomic mass is 16.5. The van der Waals surface area contributed by atoms with Crippen molar-refractivity contribution >= 4 is 11.8 Å². The van der Waals surface area contributed by atoms with Gasteiger partial charge in [0.15, 0.2) is 11.5 Å². The average molecular weight is 476 g/mol. The van der Waals surface area contributed by atoms with Crippen LogP contribution in [0.25, 0.3) is 0 Å². The molecular weight excluding hydrogens is 442 g/mol. The second-order valence-electron chi connectivity index (χ2n) is 10.4. The van der Waals surface area contributed by atoms with E-state index in [-0.39, 0.29) is 35.7 Å². The van der Waals surface area contributed by atoms with E-state index in [4.69, 9.17) is 9.47 Å². The van der Waals surface area contributed by atoms with Gasteiger partial charge in [-0.25, -0.2) is 0 Å². The molecule has 184 valence electrons. The lowest BCUT2D eigenvalue weighted by Gasteiger charge is -2.50. The number of para-hydroxylation sites is 1. The van der Waals surface area contributed by atoms with E-state index < -0.39 is 5.60 Å². The van der Waals surface area contributed by atoms with Crippen LogP contribution in [0.2, 0.25) is 0 Å². The Balaban J connectivity index is 1.33. The highest BCUT2D eigenvalue weighted by molar-refractivity contribution is 6.21. The number of hydrogen-bond acceptors (Lipinski definition) is 5. The van der Waals surface area contributed by atoms with Crippen molar-refractivity contribution in [1.29, 1.82) is 0 Å². The highest BCUT2D eigenvalue weighted by Gasteiger charge is 2.50. The monoisotopic (exact) mass is 475 g/mol. The van der Waals surface area contributed by atoms with Crippen LogP contribution < -0.4 is 4.74 Å². The Morgan fingerprint density at radius 1 is 1.09 bits per heavy atom. The predicted molar refractivity (Wildman–Crippen MR) is 133 cm³/mol. The molecule has 35 heavy (non-hydrogen) atoms. The van der Waals surface area contributed by atoms with Gasteiger partial charge in [-0.15, -0.1) is 0 Å². The van der Waals surface area contributed by atoms with Gasteiger partial charge in [0.05, 0.1) is 23.3 Å². The molecule has 2 aromatic rings. The van der Waals surface area contributed by atoms with Crippen molar-refractivity contribution in [1.82, 2.24) is 4.90 Å². The van der Waals surface area contributed by atoms with Crippen LogP contribution >= 0.6 is 0 Å². The molecule has 0 unspecified atom stereocenters. The van der Waals surface area contributed by atoms with Crippen molar-refractivity contribution in [2.45, 2.75) is 70.7 Å². The molecule has 6 heteroatoms. The number of carbonyl (C=O) groups is 2. The van der Waals surface area contributed by atoms with Crippen LogP contribution in [0, 0.1) is 5.92 Å². The van der Waals surface area contributed by atoms with Crippen molar-refractivity contribution < 1.29 is 24.2 Å². The zero-order valence-corrected chi connectivity index (χ0v) is 20.6. The van der Waals surface area contributed by atoms with Crippen LogP contribution in [0.5, 0.6) is 11.5 Å². The second kappa shape index (κ2) is 9.15. The fourth-order valence-electron chi connectivity index (χ4n) is 5.80. The summed E-state index contributed by atoms with van der Waals surface area (Å²) in [5.41, 5.74) is 2.64. The third-order valence-corrected chi connectivity index (χ3v) is 7.70. The Morgan fingerprint density at radius 2 is 1.80 bits per heavy atom. The first kappa shape index (κ1) is 23.6. The van der Waals surface area contributed by atoms with Gasteiger partial charge in [-0.2, -0.15) is 0 Å². The van der Waals surface area contributed by atoms with Crippen LogP contribution in [0.15, 0.2) is 54.1 Å². The van der Waals surface area contributed by atoms with Crippen LogP contribution in [-0.4, -0.2) is 40.1 Å². The molecule has 3 heterocycles. The lowest BCUT2D eigenvalue weighted by molar-refractivity contribution is -0.158. The molecule has 1 fully saturated rings. The number of allylic oxidation sites excluding steroid dienone is 2. The minimum Gasteiger partial charge on any atom is -0.504 e. The van der Waals surface area contributed by atoms with E-state index in [1.54, 1.807) is 30.3 Å². The first-order valence-corrected chi connectivity index (χ1v) is 12.5. The van der Waals surface area contributed by atoms with Crippen molar-refractivity contribution in [3.8, 4) is 11.5 Å². The summed E-state index contributed by atoms with van der Waals surface area (Å²) in [5.74, 6) is 0.332. The van der Waals surface area contributed by atoms with E-state index in [0.29, 0.717) is 29.8 Å². The number of phenols is 1. The lowest BCUT2D eigenvalue weighted by atomic mass is 9.72. The van der Waals surface area contributed by atoms with Crippen molar-refractivity contribution in [2.24, 2.45) is 5.92 Å². The van der Waals surface area contributed by atoms with E-state index in [1.165, 1.54) is 10.5 Å². The molecule has 3 aliphatic heterocycles. The molecule has 0 saturated carbocycles. The van der Waals surface area contributed by atoms with E-state index in [9.17, 15) is 14.7 Å². The summed E-state index contributed by atoms with van der Waals surface area (Å²) in [6.07, 6.45) is 5.98. The first-order valence-electron chi connectivity index (χ1n) is 12.5. The number of fused-ring (bicyclic) bond motifs is 4. The summed E-state index contributed by atoms with van der Waals surface area (Å²) in [7, 11) is 0. The maximum atomic E-state index is 12.8. The molecule has 6 nitrogen and oxygen atoms in total. The summed E-state index contributed by atoms with van der Waals surface area (Å²) >= 11 is 0. The number of rotatable bonds is 6. The molecule has 5 rings (SSSR count). The predicted octanol–water partition coefficient (Wildman–Crippen LogP) is 5.81. The number of hydrogen-bond donors (Lipinski definition) is 1. The zero-order valence-electron chi connectivity index (χ0n) is 20.6. The summed E-state index contributed by atoms with van der Waals surface area (Å²) < 4.78 is 13.1. The van der Waals surface area contributed by atoms with Crippen LogP contribution in [0.1, 0.15) is 85.3 Å². The van der Waals surface area contributed by atoms with Gasteiger partial charge in [0.25, 0.3) is 11.8 Å². The number of nitrogens with zero attached hydrogens (tertiary/aromatic N) is 1. The van der Waals surface area contributed by atoms with Gasteiger partial charge in [-0.05, 0) is 71.1 Å². The fraction of sp³-hybridized carbons (Fsp3) is 0.448. The van der Waals surface area contributed by atoms with Gasteiger partial charge in [0, 0.05) is 18.0 Å². The van der Waals surface area contributed by atoms with Gasteiger partial charge in [-0.3, -0.25) is 14.5 Å². The van der Waals surface area contributed by atoms with Crippen LogP contribution in [0.3, 0.4) is 0 Å². The number of phenolic OH excluding ortho intramolecular Hbond substituents is 1. The molecule has 2 aromatic carbocycles. The maximum absolute atomic E-state index is 12.8. The van der Waals surface area contributed by atoms with Gasteiger partial charge >= 0.3 is 0 Å². The number of carbonyl (C=O) groups excluding carboxylic acids is 2. The molecular formula is C29H33NO5. The average Bonchev–Trinajstić information content (AvgIpc) is 3.08. The van der Waals surface area contributed by atoms with E-state index >= 15 is 0 Å².